The zero-order valence-corrected chi connectivity index (χ0v) is 12.4. The lowest BCUT2D eigenvalue weighted by atomic mass is 9.76. The van der Waals surface area contributed by atoms with Gasteiger partial charge in [0.2, 0.25) is 0 Å². The quantitative estimate of drug-likeness (QED) is 0.852. The molecule has 0 heterocycles. The summed E-state index contributed by atoms with van der Waals surface area (Å²) in [5.74, 6) is 1.14. The monoisotopic (exact) mass is 313 g/mol. The Labute approximate surface area is 117 Å². The SMILES string of the molecule is CCC1CCC(C(N)c2cccc(F)c2Br)CC1. The zero-order valence-electron chi connectivity index (χ0n) is 10.8. The van der Waals surface area contributed by atoms with Crippen LogP contribution in [0.2, 0.25) is 0 Å². The third kappa shape index (κ3) is 2.94. The standard InChI is InChI=1S/C15H21BrFN/c1-2-10-6-8-11(9-7-10)15(18)12-4-3-5-13(17)14(12)16/h3-5,10-11,15H,2,6-9,18H2,1H3. The van der Waals surface area contributed by atoms with E-state index < -0.39 is 0 Å². The molecule has 18 heavy (non-hydrogen) atoms. The van der Waals surface area contributed by atoms with Crippen LogP contribution in [0.4, 0.5) is 4.39 Å². The minimum atomic E-state index is -0.217. The molecule has 0 aliphatic heterocycles. The van der Waals surface area contributed by atoms with E-state index in [1.165, 1.54) is 38.2 Å². The molecule has 1 saturated carbocycles. The summed E-state index contributed by atoms with van der Waals surface area (Å²) >= 11 is 3.32. The van der Waals surface area contributed by atoms with Gasteiger partial charge in [-0.25, -0.2) is 4.39 Å². The van der Waals surface area contributed by atoms with E-state index in [2.05, 4.69) is 22.9 Å². The van der Waals surface area contributed by atoms with E-state index in [4.69, 9.17) is 5.73 Å². The summed E-state index contributed by atoms with van der Waals surface area (Å²) < 4.78 is 14.1. The molecule has 1 fully saturated rings. The number of hydrogen-bond donors (Lipinski definition) is 1. The molecule has 1 unspecified atom stereocenters. The Morgan fingerprint density at radius 3 is 2.61 bits per heavy atom. The summed E-state index contributed by atoms with van der Waals surface area (Å²) in [4.78, 5) is 0. The molecule has 0 saturated heterocycles. The van der Waals surface area contributed by atoms with Crippen molar-refractivity contribution in [2.45, 2.75) is 45.1 Å². The summed E-state index contributed by atoms with van der Waals surface area (Å²) in [6.45, 7) is 2.26. The van der Waals surface area contributed by atoms with Gasteiger partial charge in [-0.1, -0.05) is 38.3 Å². The highest BCUT2D eigenvalue weighted by Gasteiger charge is 2.27. The largest absolute Gasteiger partial charge is 0.324 e. The third-order valence-corrected chi connectivity index (χ3v) is 5.15. The van der Waals surface area contributed by atoms with Crippen LogP contribution in [0.1, 0.15) is 50.6 Å². The molecule has 0 aromatic heterocycles. The molecule has 3 heteroatoms. The Hall–Kier alpha value is -0.410. The normalized spacial score (nSPS) is 26.0. The topological polar surface area (TPSA) is 26.0 Å². The Bertz CT molecular complexity index is 399. The number of halogens is 2. The van der Waals surface area contributed by atoms with Crippen LogP contribution >= 0.6 is 15.9 Å². The second kappa shape index (κ2) is 6.16. The zero-order chi connectivity index (χ0) is 13.1. The maximum atomic E-state index is 13.5. The van der Waals surface area contributed by atoms with Crippen molar-refractivity contribution < 1.29 is 4.39 Å². The lowest BCUT2D eigenvalue weighted by Crippen LogP contribution is -2.26. The molecular weight excluding hydrogens is 293 g/mol. The predicted molar refractivity (Wildman–Crippen MR) is 76.8 cm³/mol. The van der Waals surface area contributed by atoms with E-state index in [0.717, 1.165) is 11.5 Å². The van der Waals surface area contributed by atoms with E-state index in [9.17, 15) is 4.39 Å². The van der Waals surface area contributed by atoms with Crippen molar-refractivity contribution in [1.29, 1.82) is 0 Å². The molecule has 1 aliphatic rings. The van der Waals surface area contributed by atoms with Crippen LogP contribution in [0, 0.1) is 17.7 Å². The fourth-order valence-electron chi connectivity index (χ4n) is 2.99. The third-order valence-electron chi connectivity index (χ3n) is 4.32. The van der Waals surface area contributed by atoms with Gasteiger partial charge in [-0.05, 0) is 52.2 Å². The average molecular weight is 314 g/mol. The van der Waals surface area contributed by atoms with Gasteiger partial charge < -0.3 is 5.73 Å². The minimum absolute atomic E-state index is 0.0483. The minimum Gasteiger partial charge on any atom is -0.324 e. The van der Waals surface area contributed by atoms with Gasteiger partial charge in [-0.2, -0.15) is 0 Å². The second-order valence-corrected chi connectivity index (χ2v) is 6.15. The van der Waals surface area contributed by atoms with Crippen molar-refractivity contribution in [3.63, 3.8) is 0 Å². The van der Waals surface area contributed by atoms with Crippen molar-refractivity contribution in [1.82, 2.24) is 0 Å². The summed E-state index contributed by atoms with van der Waals surface area (Å²) in [5, 5.41) is 0. The molecular formula is C15H21BrFN. The van der Waals surface area contributed by atoms with E-state index in [-0.39, 0.29) is 11.9 Å². The molecule has 2 N–H and O–H groups in total. The van der Waals surface area contributed by atoms with Crippen molar-refractivity contribution in [2.24, 2.45) is 17.6 Å². The van der Waals surface area contributed by atoms with Crippen LogP contribution in [0.15, 0.2) is 22.7 Å². The number of benzene rings is 1. The van der Waals surface area contributed by atoms with Gasteiger partial charge in [0.05, 0.1) is 4.47 Å². The highest BCUT2D eigenvalue weighted by Crippen LogP contribution is 2.38. The molecule has 2 rings (SSSR count). The molecule has 1 nitrogen and oxygen atoms in total. The van der Waals surface area contributed by atoms with Gasteiger partial charge in [0.1, 0.15) is 5.82 Å². The molecule has 0 radical (unpaired) electrons. The Morgan fingerprint density at radius 2 is 2.00 bits per heavy atom. The molecule has 1 aromatic rings. The van der Waals surface area contributed by atoms with Gasteiger partial charge in [0.25, 0.3) is 0 Å². The molecule has 0 amide bonds. The predicted octanol–water partition coefficient (Wildman–Crippen LogP) is 4.80. The van der Waals surface area contributed by atoms with Crippen LogP contribution in [0.5, 0.6) is 0 Å². The van der Waals surface area contributed by atoms with Crippen LogP contribution in [-0.4, -0.2) is 0 Å². The molecule has 1 aromatic carbocycles. The molecule has 0 bridgehead atoms. The lowest BCUT2D eigenvalue weighted by Gasteiger charge is -2.32. The van der Waals surface area contributed by atoms with Crippen LogP contribution in [0.3, 0.4) is 0 Å². The van der Waals surface area contributed by atoms with Crippen LogP contribution in [-0.2, 0) is 0 Å². The van der Waals surface area contributed by atoms with Gasteiger partial charge in [-0.3, -0.25) is 0 Å². The molecule has 1 aliphatic carbocycles. The van der Waals surface area contributed by atoms with Crippen molar-refractivity contribution in [3.8, 4) is 0 Å². The average Bonchev–Trinajstić information content (AvgIpc) is 2.41. The van der Waals surface area contributed by atoms with Gasteiger partial charge in [0.15, 0.2) is 0 Å². The van der Waals surface area contributed by atoms with Crippen molar-refractivity contribution >= 4 is 15.9 Å². The fourth-order valence-corrected chi connectivity index (χ4v) is 3.52. The number of rotatable bonds is 3. The summed E-state index contributed by atoms with van der Waals surface area (Å²) in [7, 11) is 0. The van der Waals surface area contributed by atoms with E-state index in [1.807, 2.05) is 6.07 Å². The first kappa shape index (κ1) is 14.0. The highest BCUT2D eigenvalue weighted by atomic mass is 79.9. The van der Waals surface area contributed by atoms with Crippen LogP contribution < -0.4 is 5.73 Å². The molecule has 1 atom stereocenters. The smallest absolute Gasteiger partial charge is 0.137 e. The van der Waals surface area contributed by atoms with Crippen molar-refractivity contribution in [3.05, 3.63) is 34.1 Å². The van der Waals surface area contributed by atoms with Crippen LogP contribution in [0.25, 0.3) is 0 Å². The van der Waals surface area contributed by atoms with Gasteiger partial charge in [0, 0.05) is 6.04 Å². The number of nitrogens with two attached hydrogens (primary N) is 1. The second-order valence-electron chi connectivity index (χ2n) is 5.36. The van der Waals surface area contributed by atoms with E-state index >= 15 is 0 Å². The van der Waals surface area contributed by atoms with Gasteiger partial charge in [-0.15, -0.1) is 0 Å². The Morgan fingerprint density at radius 1 is 1.33 bits per heavy atom. The summed E-state index contributed by atoms with van der Waals surface area (Å²) in [6, 6.07) is 5.10. The van der Waals surface area contributed by atoms with E-state index in [0.29, 0.717) is 10.4 Å². The first-order valence-corrected chi connectivity index (χ1v) is 7.62. The lowest BCUT2D eigenvalue weighted by molar-refractivity contribution is 0.239. The molecule has 100 valence electrons. The summed E-state index contributed by atoms with van der Waals surface area (Å²) in [6.07, 6.45) is 6.14. The van der Waals surface area contributed by atoms with E-state index in [1.54, 1.807) is 6.07 Å². The maximum absolute atomic E-state index is 13.5. The summed E-state index contributed by atoms with van der Waals surface area (Å²) in [5.41, 5.74) is 7.24. The maximum Gasteiger partial charge on any atom is 0.137 e. The fraction of sp³-hybridized carbons (Fsp3) is 0.600. The Balaban J connectivity index is 2.08. The number of hydrogen-bond acceptors (Lipinski definition) is 1. The Kier molecular flexibility index (Phi) is 4.79. The van der Waals surface area contributed by atoms with Gasteiger partial charge >= 0.3 is 0 Å². The molecule has 0 spiro atoms. The van der Waals surface area contributed by atoms with Crippen molar-refractivity contribution in [2.75, 3.05) is 0 Å². The first-order chi connectivity index (χ1) is 8.63. The first-order valence-electron chi connectivity index (χ1n) is 6.83. The highest BCUT2D eigenvalue weighted by molar-refractivity contribution is 9.10.